The smallest absolute Gasteiger partial charge is 0.146 e. The lowest BCUT2D eigenvalue weighted by Gasteiger charge is -2.31. The fraction of sp³-hybridized carbons (Fsp3) is 0.583. The Morgan fingerprint density at radius 1 is 1.50 bits per heavy atom. The fourth-order valence-corrected chi connectivity index (χ4v) is 2.65. The van der Waals surface area contributed by atoms with Crippen LogP contribution in [0.15, 0.2) is 23.8 Å². The van der Waals surface area contributed by atoms with E-state index in [9.17, 15) is 9.90 Å². The molecule has 0 aromatic rings. The number of aliphatic hydroxyl groups excluding tert-OH is 1. The first-order chi connectivity index (χ1) is 6.74. The molecule has 0 aromatic carbocycles. The van der Waals surface area contributed by atoms with E-state index in [1.807, 2.05) is 6.08 Å². The minimum atomic E-state index is -0.379. The maximum atomic E-state index is 10.8. The van der Waals surface area contributed by atoms with Gasteiger partial charge in [-0.05, 0) is 31.3 Å². The molecular weight excluding hydrogens is 176 g/mol. The number of carbonyl (C=O) groups is 1. The van der Waals surface area contributed by atoms with Gasteiger partial charge in [-0.15, -0.1) is 0 Å². The van der Waals surface area contributed by atoms with Crippen LogP contribution in [0.3, 0.4) is 0 Å². The molecule has 2 rings (SSSR count). The van der Waals surface area contributed by atoms with Crippen molar-refractivity contribution in [3.63, 3.8) is 0 Å². The maximum absolute atomic E-state index is 10.8. The van der Waals surface area contributed by atoms with E-state index in [-0.39, 0.29) is 17.9 Å². The third-order valence-corrected chi connectivity index (χ3v) is 3.53. The molecule has 76 valence electrons. The molecule has 2 nitrogen and oxygen atoms in total. The lowest BCUT2D eigenvalue weighted by Crippen LogP contribution is -2.33. The van der Waals surface area contributed by atoms with Crippen molar-refractivity contribution in [2.24, 2.45) is 11.8 Å². The predicted octanol–water partition coefficient (Wildman–Crippen LogP) is 1.85. The van der Waals surface area contributed by atoms with Crippen LogP contribution >= 0.6 is 0 Å². The van der Waals surface area contributed by atoms with Crippen LogP contribution in [0, 0.1) is 11.8 Å². The van der Waals surface area contributed by atoms with Gasteiger partial charge in [0.05, 0.1) is 6.10 Å². The van der Waals surface area contributed by atoms with Crippen molar-refractivity contribution in [3.05, 3.63) is 23.8 Å². The van der Waals surface area contributed by atoms with Crippen molar-refractivity contribution in [2.45, 2.75) is 31.8 Å². The number of allylic oxidation sites excluding steroid dienone is 1. The van der Waals surface area contributed by atoms with Crippen LogP contribution in [0.2, 0.25) is 0 Å². The van der Waals surface area contributed by atoms with Gasteiger partial charge in [-0.1, -0.05) is 18.2 Å². The first-order valence-corrected chi connectivity index (χ1v) is 5.25. The third-order valence-electron chi connectivity index (χ3n) is 3.53. The van der Waals surface area contributed by atoms with Crippen molar-refractivity contribution in [3.8, 4) is 0 Å². The number of rotatable bonds is 1. The highest BCUT2D eigenvalue weighted by molar-refractivity contribution is 5.74. The second-order valence-electron chi connectivity index (χ2n) is 4.31. The summed E-state index contributed by atoms with van der Waals surface area (Å²) < 4.78 is 0. The molecule has 1 N–H and O–H groups in total. The van der Waals surface area contributed by atoms with Crippen molar-refractivity contribution >= 4 is 6.29 Å². The highest BCUT2D eigenvalue weighted by Crippen LogP contribution is 2.40. The lowest BCUT2D eigenvalue weighted by atomic mass is 9.77. The van der Waals surface area contributed by atoms with E-state index < -0.39 is 0 Å². The Labute approximate surface area is 84.3 Å². The zero-order chi connectivity index (χ0) is 10.1. The minimum absolute atomic E-state index is 0.0606. The Morgan fingerprint density at radius 3 is 3.00 bits per heavy atom. The Morgan fingerprint density at radius 2 is 2.29 bits per heavy atom. The van der Waals surface area contributed by atoms with Crippen LogP contribution < -0.4 is 0 Å². The van der Waals surface area contributed by atoms with Gasteiger partial charge in [-0.2, -0.15) is 0 Å². The summed E-state index contributed by atoms with van der Waals surface area (Å²) >= 11 is 0. The van der Waals surface area contributed by atoms with Crippen LogP contribution in [-0.4, -0.2) is 17.5 Å². The fourth-order valence-electron chi connectivity index (χ4n) is 2.65. The van der Waals surface area contributed by atoms with Gasteiger partial charge in [-0.25, -0.2) is 0 Å². The van der Waals surface area contributed by atoms with E-state index in [0.29, 0.717) is 0 Å². The summed E-state index contributed by atoms with van der Waals surface area (Å²) in [6.07, 6.45) is 6.24. The van der Waals surface area contributed by atoms with Gasteiger partial charge in [0.2, 0.25) is 0 Å². The molecule has 3 atom stereocenters. The number of aldehydes is 1. The van der Waals surface area contributed by atoms with Crippen LogP contribution in [0.1, 0.15) is 25.7 Å². The molecule has 1 fully saturated rings. The van der Waals surface area contributed by atoms with E-state index in [0.717, 1.165) is 43.1 Å². The molecule has 14 heavy (non-hydrogen) atoms. The van der Waals surface area contributed by atoms with Gasteiger partial charge in [0, 0.05) is 11.8 Å². The molecule has 0 heterocycles. The number of hydrogen-bond acceptors (Lipinski definition) is 2. The maximum Gasteiger partial charge on any atom is 0.146 e. The summed E-state index contributed by atoms with van der Waals surface area (Å²) in [5, 5.41) is 10.1. The summed E-state index contributed by atoms with van der Waals surface area (Å²) in [4.78, 5) is 10.8. The highest BCUT2D eigenvalue weighted by atomic mass is 16.3. The standard InChI is InChI=1S/C12H16O2/c1-8-3-2-4-11-9(7-13)5-6-10(8)12(11)14/h5,7,10-12,14H,1-4,6H2/t10-,11-,12+/m0/s1. The van der Waals surface area contributed by atoms with Crippen LogP contribution in [0.4, 0.5) is 0 Å². The van der Waals surface area contributed by atoms with Crippen molar-refractivity contribution in [1.29, 1.82) is 0 Å². The van der Waals surface area contributed by atoms with E-state index in [2.05, 4.69) is 6.58 Å². The summed E-state index contributed by atoms with van der Waals surface area (Å²) in [7, 11) is 0. The normalized spacial score (nSPS) is 37.4. The quantitative estimate of drug-likeness (QED) is 0.508. The average molecular weight is 192 g/mol. The Balaban J connectivity index is 2.31. The van der Waals surface area contributed by atoms with Gasteiger partial charge >= 0.3 is 0 Å². The van der Waals surface area contributed by atoms with Gasteiger partial charge in [0.15, 0.2) is 0 Å². The molecule has 2 heteroatoms. The summed E-state index contributed by atoms with van der Waals surface area (Å²) in [6, 6.07) is 0. The second kappa shape index (κ2) is 3.70. The molecule has 2 bridgehead atoms. The highest BCUT2D eigenvalue weighted by Gasteiger charge is 2.36. The van der Waals surface area contributed by atoms with Crippen molar-refractivity contribution in [1.82, 2.24) is 0 Å². The molecule has 0 saturated heterocycles. The summed E-state index contributed by atoms with van der Waals surface area (Å²) in [6.45, 7) is 4.02. The summed E-state index contributed by atoms with van der Waals surface area (Å²) in [5.41, 5.74) is 1.95. The molecule has 2 aliphatic carbocycles. The van der Waals surface area contributed by atoms with E-state index >= 15 is 0 Å². The van der Waals surface area contributed by atoms with Gasteiger partial charge in [-0.3, -0.25) is 4.79 Å². The molecule has 1 saturated carbocycles. The number of hydrogen-bond donors (Lipinski definition) is 1. The molecule has 0 amide bonds. The second-order valence-corrected chi connectivity index (χ2v) is 4.31. The first-order valence-electron chi connectivity index (χ1n) is 5.25. The van der Waals surface area contributed by atoms with Gasteiger partial charge < -0.3 is 5.11 Å². The average Bonchev–Trinajstić information content (AvgIpc) is 2.28. The van der Waals surface area contributed by atoms with Crippen LogP contribution in [0.25, 0.3) is 0 Å². The molecular formula is C12H16O2. The molecule has 0 unspecified atom stereocenters. The molecule has 0 aromatic heterocycles. The number of aliphatic hydroxyl groups is 1. The topological polar surface area (TPSA) is 37.3 Å². The minimum Gasteiger partial charge on any atom is -0.392 e. The Bertz CT molecular complexity index is 291. The predicted molar refractivity (Wildman–Crippen MR) is 54.7 cm³/mol. The zero-order valence-corrected chi connectivity index (χ0v) is 8.28. The molecule has 0 spiro atoms. The summed E-state index contributed by atoms with van der Waals surface area (Å²) in [5.74, 6) is 0.247. The van der Waals surface area contributed by atoms with Crippen LogP contribution in [0.5, 0.6) is 0 Å². The SMILES string of the molecule is C=C1CCC[C@H]2C(C=O)=CC[C@@H]1[C@H]2O. The van der Waals surface area contributed by atoms with Crippen molar-refractivity contribution in [2.75, 3.05) is 0 Å². The first kappa shape index (κ1) is 9.66. The Kier molecular flexibility index (Phi) is 2.55. The largest absolute Gasteiger partial charge is 0.392 e. The Hall–Kier alpha value is -0.890. The molecule has 0 aliphatic heterocycles. The molecule has 2 aliphatic rings. The zero-order valence-electron chi connectivity index (χ0n) is 8.28. The molecule has 0 radical (unpaired) electrons. The lowest BCUT2D eigenvalue weighted by molar-refractivity contribution is -0.106. The third kappa shape index (κ3) is 1.44. The van der Waals surface area contributed by atoms with Crippen LogP contribution in [-0.2, 0) is 4.79 Å². The number of fused-ring (bicyclic) bond motifs is 2. The van der Waals surface area contributed by atoms with E-state index in [4.69, 9.17) is 0 Å². The number of carbonyl (C=O) groups excluding carboxylic acids is 1. The van der Waals surface area contributed by atoms with E-state index in [1.54, 1.807) is 0 Å². The van der Waals surface area contributed by atoms with Crippen molar-refractivity contribution < 1.29 is 9.90 Å². The van der Waals surface area contributed by atoms with Gasteiger partial charge in [0.1, 0.15) is 6.29 Å². The monoisotopic (exact) mass is 192 g/mol. The van der Waals surface area contributed by atoms with Gasteiger partial charge in [0.25, 0.3) is 0 Å². The van der Waals surface area contributed by atoms with E-state index in [1.165, 1.54) is 0 Å².